The van der Waals surface area contributed by atoms with Gasteiger partial charge in [-0.1, -0.05) is 101 Å². The van der Waals surface area contributed by atoms with E-state index in [0.717, 1.165) is 41.7 Å². The average molecular weight is 544 g/mol. The highest BCUT2D eigenvalue weighted by Crippen LogP contribution is 2.37. The van der Waals surface area contributed by atoms with E-state index in [9.17, 15) is 5.26 Å². The highest BCUT2D eigenvalue weighted by atomic mass is 28.4. The summed E-state index contributed by atoms with van der Waals surface area (Å²) in [5, 5.41) is 10.1. The van der Waals surface area contributed by atoms with Crippen molar-refractivity contribution in [3.05, 3.63) is 29.8 Å². The smallest absolute Gasteiger partial charge is 0.449 e. The summed E-state index contributed by atoms with van der Waals surface area (Å²) in [6.07, 6.45) is 0. The van der Waals surface area contributed by atoms with Gasteiger partial charge in [0.15, 0.2) is 16.6 Å². The van der Waals surface area contributed by atoms with Gasteiger partial charge in [-0.25, -0.2) is 0 Å². The SMILES string of the molecule is CC(C)C[Si](CC(C)C)(CC(C)C)OB(O[Si](CC(C)C)(CC(C)C)CC(C)C)c1ccccc1C#N. The lowest BCUT2D eigenvalue weighted by atomic mass is 9.77. The second-order valence-corrected chi connectivity index (χ2v) is 21.9. The number of nitrogens with zero attached hydrogens (tertiary/aromatic N) is 1. The molecule has 0 aliphatic heterocycles. The molecule has 0 bridgehead atoms. The van der Waals surface area contributed by atoms with Crippen LogP contribution < -0.4 is 5.46 Å². The lowest BCUT2D eigenvalue weighted by Gasteiger charge is -2.43. The molecule has 210 valence electrons. The van der Waals surface area contributed by atoms with Crippen LogP contribution in [-0.2, 0) is 8.69 Å². The molecule has 0 fully saturated rings. The molecule has 0 atom stereocenters. The maximum absolute atomic E-state index is 10.1. The molecule has 37 heavy (non-hydrogen) atoms. The van der Waals surface area contributed by atoms with Crippen molar-refractivity contribution in [1.29, 1.82) is 5.26 Å². The number of hydrogen-bond acceptors (Lipinski definition) is 3. The standard InChI is InChI=1S/C31H58BNO2Si2/c1-24(2)18-36(19-25(3)4,20-26(5)6)34-32(31-16-14-13-15-30(31)17-33)35-37(21-27(7)8,22-28(9)10)23-29(11)12/h13-16,24-29H,18-23H2,1-12H3. The third-order valence-electron chi connectivity index (χ3n) is 6.73. The Bertz CT molecular complexity index is 740. The van der Waals surface area contributed by atoms with Gasteiger partial charge in [0.2, 0.25) is 0 Å². The Morgan fingerprint density at radius 1 is 0.595 bits per heavy atom. The van der Waals surface area contributed by atoms with Gasteiger partial charge >= 0.3 is 7.12 Å². The number of rotatable bonds is 17. The van der Waals surface area contributed by atoms with E-state index in [2.05, 4.69) is 95.2 Å². The molecule has 1 aromatic carbocycles. The Balaban J connectivity index is 3.79. The Hall–Kier alpha value is -0.871. The fraction of sp³-hybridized carbons (Fsp3) is 0.774. The minimum Gasteiger partial charge on any atom is -0.449 e. The average Bonchev–Trinajstić information content (AvgIpc) is 2.69. The summed E-state index contributed by atoms with van der Waals surface area (Å²) < 4.78 is 15.0. The van der Waals surface area contributed by atoms with E-state index in [1.54, 1.807) is 0 Å². The molecule has 0 aliphatic carbocycles. The lowest BCUT2D eigenvalue weighted by Crippen LogP contribution is -2.57. The molecule has 0 saturated heterocycles. The molecule has 6 heteroatoms. The number of nitriles is 1. The molecule has 0 amide bonds. The monoisotopic (exact) mass is 543 g/mol. The van der Waals surface area contributed by atoms with Crippen molar-refractivity contribution in [3.8, 4) is 6.07 Å². The molecule has 0 radical (unpaired) electrons. The van der Waals surface area contributed by atoms with Gasteiger partial charge in [-0.05, 0) is 83.3 Å². The zero-order chi connectivity index (χ0) is 28.4. The van der Waals surface area contributed by atoms with Gasteiger partial charge in [-0.3, -0.25) is 0 Å². The predicted molar refractivity (Wildman–Crippen MR) is 168 cm³/mol. The first-order chi connectivity index (χ1) is 17.1. The Morgan fingerprint density at radius 3 is 1.16 bits per heavy atom. The zero-order valence-corrected chi connectivity index (χ0v) is 28.4. The molecule has 0 heterocycles. The van der Waals surface area contributed by atoms with Crippen molar-refractivity contribution in [1.82, 2.24) is 0 Å². The van der Waals surface area contributed by atoms with E-state index in [0.29, 0.717) is 41.1 Å². The van der Waals surface area contributed by atoms with Crippen LogP contribution in [0.4, 0.5) is 0 Å². The lowest BCUT2D eigenvalue weighted by molar-refractivity contribution is 0.384. The van der Waals surface area contributed by atoms with E-state index in [1.807, 2.05) is 18.2 Å². The first-order valence-electron chi connectivity index (χ1n) is 15.0. The molecule has 0 unspecified atom stereocenters. The van der Waals surface area contributed by atoms with Gasteiger partial charge < -0.3 is 8.69 Å². The second-order valence-electron chi connectivity index (χ2n) is 14.2. The summed E-state index contributed by atoms with van der Waals surface area (Å²) in [4.78, 5) is 0. The van der Waals surface area contributed by atoms with E-state index >= 15 is 0 Å². The molecule has 0 N–H and O–H groups in total. The Labute approximate surface area is 233 Å². The van der Waals surface area contributed by atoms with Crippen molar-refractivity contribution >= 4 is 29.2 Å². The molecule has 0 aliphatic rings. The van der Waals surface area contributed by atoms with Crippen molar-refractivity contribution in [2.45, 2.75) is 119 Å². The maximum atomic E-state index is 10.1. The zero-order valence-electron chi connectivity index (χ0n) is 26.4. The van der Waals surface area contributed by atoms with E-state index < -0.39 is 23.8 Å². The van der Waals surface area contributed by atoms with Crippen LogP contribution in [0.2, 0.25) is 36.3 Å². The van der Waals surface area contributed by atoms with Crippen molar-refractivity contribution in [2.24, 2.45) is 35.5 Å². The van der Waals surface area contributed by atoms with Gasteiger partial charge in [-0.2, -0.15) is 5.26 Å². The first-order valence-corrected chi connectivity index (χ1v) is 20.0. The molecule has 3 nitrogen and oxygen atoms in total. The Kier molecular flexibility index (Phi) is 14.4. The molecule has 0 aromatic heterocycles. The van der Waals surface area contributed by atoms with Gasteiger partial charge in [0.1, 0.15) is 0 Å². The van der Waals surface area contributed by atoms with Gasteiger partial charge in [0, 0.05) is 0 Å². The third kappa shape index (κ3) is 12.2. The number of hydrogen-bond donors (Lipinski definition) is 0. The van der Waals surface area contributed by atoms with Crippen LogP contribution in [0.25, 0.3) is 0 Å². The minimum atomic E-state index is -2.20. The van der Waals surface area contributed by atoms with Crippen LogP contribution in [0.3, 0.4) is 0 Å². The summed E-state index contributed by atoms with van der Waals surface area (Å²) >= 11 is 0. The molecule has 0 saturated carbocycles. The normalized spacial score (nSPS) is 13.0. The minimum absolute atomic E-state index is 0.457. The van der Waals surface area contributed by atoms with E-state index in [-0.39, 0.29) is 0 Å². The van der Waals surface area contributed by atoms with Crippen LogP contribution in [-0.4, -0.2) is 23.8 Å². The fourth-order valence-electron chi connectivity index (χ4n) is 6.66. The van der Waals surface area contributed by atoms with Gasteiger partial charge in [0.25, 0.3) is 0 Å². The molecule has 1 rings (SSSR count). The van der Waals surface area contributed by atoms with Gasteiger partial charge in [-0.15, -0.1) is 0 Å². The topological polar surface area (TPSA) is 42.2 Å². The highest BCUT2D eigenvalue weighted by molar-refractivity contribution is 6.87. The summed E-state index contributed by atoms with van der Waals surface area (Å²) in [5.41, 5.74) is 1.63. The summed E-state index contributed by atoms with van der Waals surface area (Å²) in [6, 6.07) is 17.3. The van der Waals surface area contributed by atoms with E-state index in [1.165, 1.54) is 0 Å². The Morgan fingerprint density at radius 2 is 0.892 bits per heavy atom. The fourth-order valence-corrected chi connectivity index (χ4v) is 18.5. The molecular weight excluding hydrogens is 485 g/mol. The van der Waals surface area contributed by atoms with E-state index in [4.69, 9.17) is 8.69 Å². The molecule has 1 aromatic rings. The third-order valence-corrected chi connectivity index (χ3v) is 17.5. The highest BCUT2D eigenvalue weighted by Gasteiger charge is 2.47. The predicted octanol–water partition coefficient (Wildman–Crippen LogP) is 9.11. The summed E-state index contributed by atoms with van der Waals surface area (Å²) in [5.74, 6) is 3.42. The number of benzene rings is 1. The molecular formula is C31H58BNO2Si2. The van der Waals surface area contributed by atoms with Crippen LogP contribution in [0, 0.1) is 46.8 Å². The van der Waals surface area contributed by atoms with Crippen molar-refractivity contribution < 1.29 is 8.69 Å². The summed E-state index contributed by atoms with van der Waals surface area (Å²) in [6.45, 7) is 28.0. The quantitative estimate of drug-likeness (QED) is 0.184. The largest absolute Gasteiger partial charge is 0.473 e. The second kappa shape index (κ2) is 15.7. The van der Waals surface area contributed by atoms with Crippen LogP contribution >= 0.6 is 0 Å². The van der Waals surface area contributed by atoms with Crippen LogP contribution in [0.5, 0.6) is 0 Å². The van der Waals surface area contributed by atoms with Crippen molar-refractivity contribution in [2.75, 3.05) is 0 Å². The summed E-state index contributed by atoms with van der Waals surface area (Å²) in [7, 11) is -4.85. The maximum Gasteiger partial charge on any atom is 0.473 e. The molecule has 0 spiro atoms. The van der Waals surface area contributed by atoms with Crippen LogP contribution in [0.15, 0.2) is 24.3 Å². The van der Waals surface area contributed by atoms with Crippen molar-refractivity contribution in [3.63, 3.8) is 0 Å². The van der Waals surface area contributed by atoms with Crippen LogP contribution in [0.1, 0.15) is 88.6 Å². The van der Waals surface area contributed by atoms with Gasteiger partial charge in [0.05, 0.1) is 11.6 Å². The first kappa shape index (κ1) is 34.2.